The molecule has 2 aromatic rings. The zero-order chi connectivity index (χ0) is 10.1. The fraction of sp³-hybridized carbons (Fsp3) is 0.100. The lowest BCUT2D eigenvalue weighted by molar-refractivity contribution is 0.112. The number of hydrogen-bond acceptors (Lipinski definition) is 3. The number of rotatable bonds is 2. The van der Waals surface area contributed by atoms with Crippen molar-refractivity contribution in [3.63, 3.8) is 0 Å². The zero-order valence-electron chi connectivity index (χ0n) is 7.16. The maximum atomic E-state index is 10.7. The van der Waals surface area contributed by atoms with Gasteiger partial charge >= 0.3 is 0 Å². The van der Waals surface area contributed by atoms with Crippen LogP contribution in [0.25, 0.3) is 10.1 Å². The average molecular weight is 271 g/mol. The lowest BCUT2D eigenvalue weighted by Crippen LogP contribution is -1.85. The van der Waals surface area contributed by atoms with Gasteiger partial charge in [-0.2, -0.15) is 0 Å². The Hall–Kier alpha value is -0.710. The average Bonchev–Trinajstić information content (AvgIpc) is 2.62. The Morgan fingerprint density at radius 1 is 1.50 bits per heavy atom. The van der Waals surface area contributed by atoms with E-state index in [4.69, 9.17) is 5.11 Å². The number of thiophene rings is 1. The second kappa shape index (κ2) is 3.81. The molecular weight excluding hydrogens is 264 g/mol. The highest BCUT2D eigenvalue weighted by Crippen LogP contribution is 2.34. The number of carbonyl (C=O) groups is 1. The smallest absolute Gasteiger partial charge is 0.151 e. The molecule has 0 spiro atoms. The monoisotopic (exact) mass is 270 g/mol. The van der Waals surface area contributed by atoms with E-state index in [0.29, 0.717) is 5.56 Å². The molecule has 1 aromatic carbocycles. The predicted molar refractivity (Wildman–Crippen MR) is 60.8 cm³/mol. The highest BCUT2D eigenvalue weighted by Gasteiger charge is 2.09. The van der Waals surface area contributed by atoms with Crippen LogP contribution in [0.2, 0.25) is 0 Å². The van der Waals surface area contributed by atoms with Gasteiger partial charge in [0, 0.05) is 25.5 Å². The molecule has 0 aliphatic heterocycles. The van der Waals surface area contributed by atoms with E-state index in [1.54, 1.807) is 0 Å². The number of carbonyl (C=O) groups excluding carboxylic acids is 1. The second-order valence-corrected chi connectivity index (χ2v) is 4.56. The molecule has 0 radical (unpaired) electrons. The third-order valence-electron chi connectivity index (χ3n) is 2.09. The molecule has 0 aliphatic carbocycles. The molecule has 0 atom stereocenters. The SMILES string of the molecule is O=Cc1csc2c(Br)c(CO)ccc12. The van der Waals surface area contributed by atoms with Crippen LogP contribution in [0.4, 0.5) is 0 Å². The highest BCUT2D eigenvalue weighted by atomic mass is 79.9. The third-order valence-corrected chi connectivity index (χ3v) is 4.29. The van der Waals surface area contributed by atoms with Crippen molar-refractivity contribution < 1.29 is 9.90 Å². The summed E-state index contributed by atoms with van der Waals surface area (Å²) in [5.74, 6) is 0. The number of aliphatic hydroxyl groups is 1. The quantitative estimate of drug-likeness (QED) is 0.852. The maximum Gasteiger partial charge on any atom is 0.151 e. The molecule has 0 bridgehead atoms. The van der Waals surface area contributed by atoms with Gasteiger partial charge in [0.05, 0.1) is 6.61 Å². The Balaban J connectivity index is 2.78. The normalized spacial score (nSPS) is 10.7. The van der Waals surface area contributed by atoms with Crippen LogP contribution in [0, 0.1) is 0 Å². The first-order valence-corrected chi connectivity index (χ1v) is 5.69. The number of halogens is 1. The van der Waals surface area contributed by atoms with E-state index in [9.17, 15) is 4.79 Å². The van der Waals surface area contributed by atoms with E-state index in [1.807, 2.05) is 17.5 Å². The number of benzene rings is 1. The van der Waals surface area contributed by atoms with Crippen molar-refractivity contribution in [1.82, 2.24) is 0 Å². The summed E-state index contributed by atoms with van der Waals surface area (Å²) < 4.78 is 1.90. The summed E-state index contributed by atoms with van der Waals surface area (Å²) in [5.41, 5.74) is 1.55. The lowest BCUT2D eigenvalue weighted by Gasteiger charge is -2.01. The topological polar surface area (TPSA) is 37.3 Å². The van der Waals surface area contributed by atoms with Crippen LogP contribution < -0.4 is 0 Å². The molecule has 1 aromatic heterocycles. The second-order valence-electron chi connectivity index (χ2n) is 2.88. The lowest BCUT2D eigenvalue weighted by atomic mass is 10.1. The fourth-order valence-electron chi connectivity index (χ4n) is 1.34. The van der Waals surface area contributed by atoms with Crippen molar-refractivity contribution in [3.05, 3.63) is 33.1 Å². The molecule has 0 saturated carbocycles. The summed E-state index contributed by atoms with van der Waals surface area (Å²) in [6, 6.07) is 3.69. The fourth-order valence-corrected chi connectivity index (χ4v) is 3.06. The Morgan fingerprint density at radius 3 is 2.93 bits per heavy atom. The molecule has 2 rings (SSSR count). The number of aldehydes is 1. The standard InChI is InChI=1S/C10H7BrO2S/c11-9-6(3-12)1-2-8-7(4-13)5-14-10(8)9/h1-2,4-5,12H,3H2. The van der Waals surface area contributed by atoms with Crippen molar-refractivity contribution in [1.29, 1.82) is 0 Å². The molecule has 2 nitrogen and oxygen atoms in total. The molecular formula is C10H7BrO2S. The van der Waals surface area contributed by atoms with Gasteiger partial charge in [-0.25, -0.2) is 0 Å². The van der Waals surface area contributed by atoms with Crippen molar-refractivity contribution in [2.75, 3.05) is 0 Å². The first kappa shape index (κ1) is 9.83. The Bertz CT molecular complexity index is 490. The van der Waals surface area contributed by atoms with Gasteiger partial charge in [-0.1, -0.05) is 12.1 Å². The van der Waals surface area contributed by atoms with Crippen LogP contribution >= 0.6 is 27.3 Å². The molecule has 0 unspecified atom stereocenters. The molecule has 0 fully saturated rings. The van der Waals surface area contributed by atoms with Crippen molar-refractivity contribution >= 4 is 43.6 Å². The molecule has 14 heavy (non-hydrogen) atoms. The van der Waals surface area contributed by atoms with E-state index in [1.165, 1.54) is 11.3 Å². The summed E-state index contributed by atoms with van der Waals surface area (Å²) in [7, 11) is 0. The van der Waals surface area contributed by atoms with E-state index >= 15 is 0 Å². The highest BCUT2D eigenvalue weighted by molar-refractivity contribution is 9.10. The minimum absolute atomic E-state index is 0.00481. The molecule has 0 amide bonds. The van der Waals surface area contributed by atoms with Gasteiger partial charge in [-0.3, -0.25) is 4.79 Å². The van der Waals surface area contributed by atoms with Gasteiger partial charge in [0.15, 0.2) is 6.29 Å². The molecule has 0 saturated heterocycles. The summed E-state index contributed by atoms with van der Waals surface area (Å²) in [6.07, 6.45) is 0.851. The first-order chi connectivity index (χ1) is 6.77. The molecule has 0 aliphatic rings. The van der Waals surface area contributed by atoms with Crippen molar-refractivity contribution in [3.8, 4) is 0 Å². The Labute approximate surface area is 93.3 Å². The van der Waals surface area contributed by atoms with Crippen LogP contribution in [0.1, 0.15) is 15.9 Å². The van der Waals surface area contributed by atoms with Crippen LogP contribution in [0.5, 0.6) is 0 Å². The minimum Gasteiger partial charge on any atom is -0.392 e. The summed E-state index contributed by atoms with van der Waals surface area (Å²) >= 11 is 4.92. The van der Waals surface area contributed by atoms with E-state index in [-0.39, 0.29) is 6.61 Å². The van der Waals surface area contributed by atoms with Crippen LogP contribution in [0.15, 0.2) is 22.0 Å². The van der Waals surface area contributed by atoms with Crippen LogP contribution in [-0.2, 0) is 6.61 Å². The van der Waals surface area contributed by atoms with Gasteiger partial charge < -0.3 is 5.11 Å². The van der Waals surface area contributed by atoms with Gasteiger partial charge in [0.2, 0.25) is 0 Å². The molecule has 1 N–H and O–H groups in total. The van der Waals surface area contributed by atoms with Crippen molar-refractivity contribution in [2.45, 2.75) is 6.61 Å². The maximum absolute atomic E-state index is 10.7. The van der Waals surface area contributed by atoms with Gasteiger partial charge in [0.1, 0.15) is 0 Å². The van der Waals surface area contributed by atoms with Crippen LogP contribution in [0.3, 0.4) is 0 Å². The van der Waals surface area contributed by atoms with Crippen LogP contribution in [-0.4, -0.2) is 11.4 Å². The van der Waals surface area contributed by atoms with E-state index in [0.717, 1.165) is 26.4 Å². The van der Waals surface area contributed by atoms with Gasteiger partial charge in [-0.15, -0.1) is 11.3 Å². The Morgan fingerprint density at radius 2 is 2.29 bits per heavy atom. The molecule has 72 valence electrons. The summed E-state index contributed by atoms with van der Waals surface area (Å²) in [5, 5.41) is 11.8. The summed E-state index contributed by atoms with van der Waals surface area (Å²) in [4.78, 5) is 10.7. The van der Waals surface area contributed by atoms with Gasteiger partial charge in [0.25, 0.3) is 0 Å². The number of fused-ring (bicyclic) bond motifs is 1. The number of hydrogen-bond donors (Lipinski definition) is 1. The third kappa shape index (κ3) is 1.39. The number of aliphatic hydroxyl groups excluding tert-OH is 1. The summed E-state index contributed by atoms with van der Waals surface area (Å²) in [6.45, 7) is 0.00481. The molecule has 1 heterocycles. The Kier molecular flexibility index (Phi) is 2.67. The van der Waals surface area contributed by atoms with Crippen molar-refractivity contribution in [2.24, 2.45) is 0 Å². The van der Waals surface area contributed by atoms with E-state index in [2.05, 4.69) is 15.9 Å². The van der Waals surface area contributed by atoms with E-state index < -0.39 is 0 Å². The minimum atomic E-state index is 0.00481. The van der Waals surface area contributed by atoms with Gasteiger partial charge in [-0.05, 0) is 21.5 Å². The predicted octanol–water partition coefficient (Wildman–Crippen LogP) is 2.97. The zero-order valence-corrected chi connectivity index (χ0v) is 9.56. The molecule has 4 heteroatoms. The first-order valence-electron chi connectivity index (χ1n) is 4.02. The largest absolute Gasteiger partial charge is 0.392 e.